The van der Waals surface area contributed by atoms with Crippen LogP contribution in [0.3, 0.4) is 0 Å². The average Bonchev–Trinajstić information content (AvgIpc) is 2.35. The zero-order valence-electron chi connectivity index (χ0n) is 10.2. The monoisotopic (exact) mass is 237 g/mol. The summed E-state index contributed by atoms with van der Waals surface area (Å²) in [7, 11) is 0. The second kappa shape index (κ2) is 5.05. The number of aromatic hydroxyl groups is 1. The fraction of sp³-hybridized carbons (Fsp3) is 0.571. The van der Waals surface area contributed by atoms with Gasteiger partial charge in [-0.2, -0.15) is 0 Å². The molecule has 2 nitrogen and oxygen atoms in total. The Balaban J connectivity index is 2.29. The lowest BCUT2D eigenvalue weighted by Crippen LogP contribution is -2.24. The van der Waals surface area contributed by atoms with Gasteiger partial charge in [0.2, 0.25) is 0 Å². The molecule has 1 aliphatic carbocycles. The van der Waals surface area contributed by atoms with Crippen LogP contribution < -0.4 is 5.73 Å². The van der Waals surface area contributed by atoms with Gasteiger partial charge in [0.1, 0.15) is 0 Å². The summed E-state index contributed by atoms with van der Waals surface area (Å²) in [5, 5.41) is 9.82. The number of rotatable bonds is 2. The van der Waals surface area contributed by atoms with E-state index in [-0.39, 0.29) is 11.8 Å². The van der Waals surface area contributed by atoms with E-state index in [4.69, 9.17) is 5.73 Å². The van der Waals surface area contributed by atoms with Crippen LogP contribution in [0.25, 0.3) is 0 Å². The minimum Gasteiger partial charge on any atom is -0.505 e. The van der Waals surface area contributed by atoms with Crippen molar-refractivity contribution in [2.75, 3.05) is 0 Å². The van der Waals surface area contributed by atoms with Crippen LogP contribution in [0, 0.1) is 18.7 Å². The standard InChI is InChI=1S/C14H20FNO/c1-9-7-8-11(15)14(17)12(9)13(16)10-5-3-2-4-6-10/h7-8,10,13,17H,2-6,16H2,1H3/t13-/m0/s1. The molecule has 1 aromatic rings. The Kier molecular flexibility index (Phi) is 3.67. The normalized spacial score (nSPS) is 19.2. The minimum atomic E-state index is -0.572. The third-order valence-electron chi connectivity index (χ3n) is 3.88. The van der Waals surface area contributed by atoms with Crippen molar-refractivity contribution in [3.8, 4) is 5.75 Å². The molecule has 3 N–H and O–H groups in total. The minimum absolute atomic E-state index is 0.244. The highest BCUT2D eigenvalue weighted by Crippen LogP contribution is 2.38. The molecule has 94 valence electrons. The van der Waals surface area contributed by atoms with E-state index in [1.165, 1.54) is 25.3 Å². The predicted molar refractivity (Wildman–Crippen MR) is 66.3 cm³/mol. The smallest absolute Gasteiger partial charge is 0.165 e. The summed E-state index contributed by atoms with van der Waals surface area (Å²) in [6.45, 7) is 1.87. The summed E-state index contributed by atoms with van der Waals surface area (Å²) >= 11 is 0. The summed E-state index contributed by atoms with van der Waals surface area (Å²) in [5.41, 5.74) is 7.68. The maximum Gasteiger partial charge on any atom is 0.165 e. The number of phenols is 1. The Morgan fingerprint density at radius 1 is 1.29 bits per heavy atom. The highest BCUT2D eigenvalue weighted by molar-refractivity contribution is 5.42. The van der Waals surface area contributed by atoms with E-state index >= 15 is 0 Å². The van der Waals surface area contributed by atoms with Crippen LogP contribution in [0.15, 0.2) is 12.1 Å². The zero-order chi connectivity index (χ0) is 12.4. The molecule has 17 heavy (non-hydrogen) atoms. The fourth-order valence-corrected chi connectivity index (χ4v) is 2.83. The maximum atomic E-state index is 13.4. The van der Waals surface area contributed by atoms with Crippen molar-refractivity contribution >= 4 is 0 Å². The molecule has 0 heterocycles. The number of phenolic OH excluding ortho intramolecular Hbond substituents is 1. The molecule has 1 atom stereocenters. The molecule has 0 amide bonds. The van der Waals surface area contributed by atoms with Crippen molar-refractivity contribution in [3.63, 3.8) is 0 Å². The lowest BCUT2D eigenvalue weighted by molar-refractivity contribution is 0.300. The molecule has 0 saturated heterocycles. The first-order valence-corrected chi connectivity index (χ1v) is 6.35. The first-order valence-electron chi connectivity index (χ1n) is 6.35. The van der Waals surface area contributed by atoms with E-state index in [0.717, 1.165) is 18.4 Å². The van der Waals surface area contributed by atoms with Gasteiger partial charge in [-0.25, -0.2) is 4.39 Å². The lowest BCUT2D eigenvalue weighted by atomic mass is 9.80. The number of hydrogen-bond donors (Lipinski definition) is 2. The van der Waals surface area contributed by atoms with Gasteiger partial charge in [0.05, 0.1) is 0 Å². The highest BCUT2D eigenvalue weighted by atomic mass is 19.1. The summed E-state index contributed by atoms with van der Waals surface area (Å²) in [6, 6.07) is 2.74. The number of halogens is 1. The lowest BCUT2D eigenvalue weighted by Gasteiger charge is -2.29. The molecule has 0 aromatic heterocycles. The molecule has 0 unspecified atom stereocenters. The van der Waals surface area contributed by atoms with Gasteiger partial charge in [0, 0.05) is 11.6 Å². The third-order valence-corrected chi connectivity index (χ3v) is 3.88. The van der Waals surface area contributed by atoms with E-state index in [0.29, 0.717) is 11.5 Å². The van der Waals surface area contributed by atoms with Gasteiger partial charge < -0.3 is 10.8 Å². The van der Waals surface area contributed by atoms with Crippen molar-refractivity contribution in [1.29, 1.82) is 0 Å². The Morgan fingerprint density at radius 3 is 2.59 bits per heavy atom. The number of benzene rings is 1. The van der Waals surface area contributed by atoms with Crippen LogP contribution in [0.2, 0.25) is 0 Å². The molecule has 0 spiro atoms. The number of aryl methyl sites for hydroxylation is 1. The van der Waals surface area contributed by atoms with E-state index < -0.39 is 5.82 Å². The Labute approximate surface area is 102 Å². The summed E-state index contributed by atoms with van der Waals surface area (Å²) in [4.78, 5) is 0. The Hall–Kier alpha value is -1.09. The van der Waals surface area contributed by atoms with Crippen molar-refractivity contribution in [1.82, 2.24) is 0 Å². The van der Waals surface area contributed by atoms with Crippen LogP contribution in [-0.4, -0.2) is 5.11 Å². The molecule has 1 saturated carbocycles. The van der Waals surface area contributed by atoms with Gasteiger partial charge >= 0.3 is 0 Å². The quantitative estimate of drug-likeness (QED) is 0.827. The largest absolute Gasteiger partial charge is 0.505 e. The number of hydrogen-bond acceptors (Lipinski definition) is 2. The van der Waals surface area contributed by atoms with E-state index in [9.17, 15) is 9.50 Å². The van der Waals surface area contributed by atoms with Crippen molar-refractivity contribution < 1.29 is 9.50 Å². The molecule has 1 aromatic carbocycles. The van der Waals surface area contributed by atoms with Crippen LogP contribution in [0.4, 0.5) is 4.39 Å². The molecular weight excluding hydrogens is 217 g/mol. The molecule has 0 radical (unpaired) electrons. The predicted octanol–water partition coefficient (Wildman–Crippen LogP) is 3.42. The van der Waals surface area contributed by atoms with E-state index in [2.05, 4.69) is 0 Å². The van der Waals surface area contributed by atoms with Gasteiger partial charge in [-0.05, 0) is 37.3 Å². The first-order chi connectivity index (χ1) is 8.11. The highest BCUT2D eigenvalue weighted by Gasteiger charge is 2.26. The molecule has 3 heteroatoms. The third kappa shape index (κ3) is 2.44. The Bertz CT molecular complexity index is 399. The molecule has 1 aliphatic rings. The summed E-state index contributed by atoms with van der Waals surface area (Å²) < 4.78 is 13.4. The maximum absolute atomic E-state index is 13.4. The SMILES string of the molecule is Cc1ccc(F)c(O)c1[C@@H](N)C1CCCCC1. The Morgan fingerprint density at radius 2 is 1.94 bits per heavy atom. The molecule has 2 rings (SSSR count). The second-order valence-electron chi connectivity index (χ2n) is 5.05. The second-order valence-corrected chi connectivity index (χ2v) is 5.05. The molecule has 0 aliphatic heterocycles. The van der Waals surface area contributed by atoms with E-state index in [1.54, 1.807) is 6.07 Å². The average molecular weight is 237 g/mol. The van der Waals surface area contributed by atoms with Crippen molar-refractivity contribution in [2.24, 2.45) is 11.7 Å². The van der Waals surface area contributed by atoms with Crippen LogP contribution in [-0.2, 0) is 0 Å². The van der Waals surface area contributed by atoms with Gasteiger partial charge in [-0.1, -0.05) is 25.3 Å². The molecule has 0 bridgehead atoms. The van der Waals surface area contributed by atoms with Gasteiger partial charge in [0.25, 0.3) is 0 Å². The van der Waals surface area contributed by atoms with Crippen LogP contribution in [0.5, 0.6) is 5.75 Å². The molecule has 1 fully saturated rings. The van der Waals surface area contributed by atoms with Gasteiger partial charge in [-0.15, -0.1) is 0 Å². The molecular formula is C14H20FNO. The van der Waals surface area contributed by atoms with Crippen molar-refractivity contribution in [3.05, 3.63) is 29.1 Å². The number of nitrogens with two attached hydrogens (primary N) is 1. The van der Waals surface area contributed by atoms with Gasteiger partial charge in [-0.3, -0.25) is 0 Å². The topological polar surface area (TPSA) is 46.2 Å². The first kappa shape index (κ1) is 12.4. The summed E-state index contributed by atoms with van der Waals surface area (Å²) in [6.07, 6.45) is 5.80. The van der Waals surface area contributed by atoms with Crippen LogP contribution >= 0.6 is 0 Å². The fourth-order valence-electron chi connectivity index (χ4n) is 2.83. The van der Waals surface area contributed by atoms with Crippen molar-refractivity contribution in [2.45, 2.75) is 45.1 Å². The zero-order valence-corrected chi connectivity index (χ0v) is 10.2. The van der Waals surface area contributed by atoms with Crippen LogP contribution in [0.1, 0.15) is 49.3 Å². The van der Waals surface area contributed by atoms with Gasteiger partial charge in [0.15, 0.2) is 11.6 Å². The van der Waals surface area contributed by atoms with E-state index in [1.807, 2.05) is 6.92 Å². The summed E-state index contributed by atoms with van der Waals surface area (Å²) in [5.74, 6) is -0.463.